The highest BCUT2D eigenvalue weighted by Crippen LogP contribution is 2.24. The zero-order chi connectivity index (χ0) is 27.7. The van der Waals surface area contributed by atoms with Crippen LogP contribution < -0.4 is 21.3 Å². The maximum absolute atomic E-state index is 13.3. The molecule has 2 bridgehead atoms. The highest BCUT2D eigenvalue weighted by molar-refractivity contribution is 8.76. The van der Waals surface area contributed by atoms with Crippen LogP contribution in [0.5, 0.6) is 0 Å². The molecule has 2 aliphatic heterocycles. The van der Waals surface area contributed by atoms with Crippen LogP contribution in [0.15, 0.2) is 12.2 Å². The first-order valence-corrected chi connectivity index (χ1v) is 14.9. The minimum absolute atomic E-state index is 0.194. The van der Waals surface area contributed by atoms with E-state index in [9.17, 15) is 29.1 Å². The summed E-state index contributed by atoms with van der Waals surface area (Å²) in [5.41, 5.74) is 0. The van der Waals surface area contributed by atoms with Gasteiger partial charge >= 0.3 is 5.97 Å². The molecule has 1 fully saturated rings. The molecule has 0 unspecified atom stereocenters. The van der Waals surface area contributed by atoms with Crippen molar-refractivity contribution in [1.29, 1.82) is 0 Å². The first-order chi connectivity index (χ1) is 17.4. The smallest absolute Gasteiger partial charge is 0.331 e. The third kappa shape index (κ3) is 9.53. The number of allylic oxidation sites excluding steroid dienone is 1. The SMILES string of the molecule is CC(C)[C@H]1NC(=O)C[C@H]2/C=C\CCSSC[C@@H](NC(=O)[C@@H](C(C)C)NC1=O)C(=O)N[C@@H]([C@@H](C)O)C(=O)O2. The van der Waals surface area contributed by atoms with Gasteiger partial charge < -0.3 is 31.1 Å². The van der Waals surface area contributed by atoms with Crippen molar-refractivity contribution in [1.82, 2.24) is 21.3 Å². The fraction of sp³-hybridized carbons (Fsp3) is 0.708. The summed E-state index contributed by atoms with van der Waals surface area (Å²) in [6.07, 6.45) is 1.46. The molecule has 1 saturated heterocycles. The number of amides is 4. The lowest BCUT2D eigenvalue weighted by molar-refractivity contribution is -0.155. The number of rotatable bonds is 3. The van der Waals surface area contributed by atoms with Crippen LogP contribution in [0, 0.1) is 11.8 Å². The average molecular weight is 559 g/mol. The minimum atomic E-state index is -1.41. The molecule has 0 aliphatic carbocycles. The van der Waals surface area contributed by atoms with Crippen LogP contribution in [0.4, 0.5) is 0 Å². The molecule has 0 radical (unpaired) electrons. The van der Waals surface area contributed by atoms with Crippen molar-refractivity contribution >= 4 is 51.2 Å². The number of carbonyl (C=O) groups is 5. The molecular formula is C24H38N4O7S2. The van der Waals surface area contributed by atoms with Crippen LogP contribution in [0.3, 0.4) is 0 Å². The maximum atomic E-state index is 13.3. The molecule has 0 aromatic carbocycles. The van der Waals surface area contributed by atoms with Gasteiger partial charge in [0.1, 0.15) is 24.2 Å². The van der Waals surface area contributed by atoms with E-state index >= 15 is 0 Å². The quantitative estimate of drug-likeness (QED) is 0.186. The van der Waals surface area contributed by atoms with Crippen LogP contribution in [0.2, 0.25) is 0 Å². The Labute approximate surface area is 225 Å². The zero-order valence-electron chi connectivity index (χ0n) is 21.8. The van der Waals surface area contributed by atoms with Gasteiger partial charge in [-0.15, -0.1) is 0 Å². The van der Waals surface area contributed by atoms with Gasteiger partial charge in [-0.1, -0.05) is 55.4 Å². The summed E-state index contributed by atoms with van der Waals surface area (Å²) in [5, 5.41) is 20.8. The first-order valence-electron chi connectivity index (χ1n) is 12.4. The average Bonchev–Trinajstić information content (AvgIpc) is 2.80. The molecule has 0 spiro atoms. The summed E-state index contributed by atoms with van der Waals surface area (Å²) >= 11 is 0. The number of aliphatic hydroxyl groups is 1. The zero-order valence-corrected chi connectivity index (χ0v) is 23.4. The molecule has 0 aromatic rings. The number of hydrogen-bond acceptors (Lipinski definition) is 9. The van der Waals surface area contributed by atoms with Crippen molar-refractivity contribution in [2.75, 3.05) is 11.5 Å². The fourth-order valence-corrected chi connectivity index (χ4v) is 5.87. The van der Waals surface area contributed by atoms with Crippen molar-refractivity contribution in [2.45, 2.75) is 83.8 Å². The Balaban J connectivity index is 2.55. The van der Waals surface area contributed by atoms with Gasteiger partial charge in [0.05, 0.1) is 12.5 Å². The van der Waals surface area contributed by atoms with Crippen LogP contribution in [-0.2, 0) is 28.7 Å². The summed E-state index contributed by atoms with van der Waals surface area (Å²) in [6.45, 7) is 8.38. The molecule has 0 saturated carbocycles. The molecular weight excluding hydrogens is 520 g/mol. The van der Waals surface area contributed by atoms with E-state index < -0.39 is 66.0 Å². The van der Waals surface area contributed by atoms with Crippen LogP contribution in [0.1, 0.15) is 47.5 Å². The van der Waals surface area contributed by atoms with E-state index in [0.717, 1.165) is 0 Å². The number of hydrogen-bond donors (Lipinski definition) is 5. The molecule has 37 heavy (non-hydrogen) atoms. The van der Waals surface area contributed by atoms with Gasteiger partial charge in [-0.3, -0.25) is 19.2 Å². The Hall–Kier alpha value is -2.25. The number of aliphatic hydroxyl groups excluding tert-OH is 1. The molecule has 4 amide bonds. The summed E-state index contributed by atoms with van der Waals surface area (Å²) < 4.78 is 5.51. The van der Waals surface area contributed by atoms with E-state index in [1.54, 1.807) is 39.8 Å². The normalized spacial score (nSPS) is 30.9. The highest BCUT2D eigenvalue weighted by atomic mass is 33.1. The Morgan fingerprint density at radius 3 is 2.05 bits per heavy atom. The molecule has 2 aliphatic rings. The Bertz CT molecular complexity index is 881. The molecule has 6 atom stereocenters. The van der Waals surface area contributed by atoms with Gasteiger partial charge in [0.15, 0.2) is 6.04 Å². The van der Waals surface area contributed by atoms with Gasteiger partial charge in [-0.2, -0.15) is 0 Å². The van der Waals surface area contributed by atoms with E-state index in [1.165, 1.54) is 28.5 Å². The summed E-state index contributed by atoms with van der Waals surface area (Å²) in [6, 6.07) is -4.37. The van der Waals surface area contributed by atoms with Gasteiger partial charge in [-0.25, -0.2) is 4.79 Å². The van der Waals surface area contributed by atoms with Crippen molar-refractivity contribution in [3.05, 3.63) is 12.2 Å². The molecule has 208 valence electrons. The largest absolute Gasteiger partial charge is 0.456 e. The second-order valence-corrected chi connectivity index (χ2v) is 12.4. The second-order valence-electron chi connectivity index (χ2n) is 9.81. The van der Waals surface area contributed by atoms with Crippen LogP contribution in [0.25, 0.3) is 0 Å². The van der Waals surface area contributed by atoms with E-state index in [2.05, 4.69) is 21.3 Å². The topological polar surface area (TPSA) is 163 Å². The van der Waals surface area contributed by atoms with Crippen molar-refractivity contribution in [2.24, 2.45) is 11.8 Å². The minimum Gasteiger partial charge on any atom is -0.456 e. The lowest BCUT2D eigenvalue weighted by atomic mass is 9.99. The highest BCUT2D eigenvalue weighted by Gasteiger charge is 2.36. The lowest BCUT2D eigenvalue weighted by Crippen LogP contribution is -2.61. The molecule has 13 heteroatoms. The summed E-state index contributed by atoms with van der Waals surface area (Å²) in [4.78, 5) is 65.4. The molecule has 2 heterocycles. The first kappa shape index (κ1) is 31.0. The Morgan fingerprint density at radius 2 is 1.43 bits per heavy atom. The van der Waals surface area contributed by atoms with Crippen LogP contribution >= 0.6 is 21.6 Å². The third-order valence-electron chi connectivity index (χ3n) is 5.87. The van der Waals surface area contributed by atoms with Gasteiger partial charge in [0.2, 0.25) is 23.6 Å². The fourth-order valence-electron chi connectivity index (χ4n) is 3.71. The van der Waals surface area contributed by atoms with Gasteiger partial charge in [-0.05, 0) is 31.3 Å². The van der Waals surface area contributed by atoms with E-state index in [4.69, 9.17) is 4.74 Å². The van der Waals surface area contributed by atoms with E-state index in [1.807, 2.05) is 0 Å². The maximum Gasteiger partial charge on any atom is 0.331 e. The third-order valence-corrected chi connectivity index (χ3v) is 8.32. The van der Waals surface area contributed by atoms with E-state index in [-0.39, 0.29) is 24.0 Å². The van der Waals surface area contributed by atoms with Crippen molar-refractivity contribution < 1.29 is 33.8 Å². The second kappa shape index (κ2) is 14.6. The standard InChI is InChI=1S/C24H38N4O7S2/c1-12(2)18-23(33)27-19(13(3)4)22(32)25-16-11-37-36-9-7-6-8-15(10-17(30)26-18)35-24(34)20(14(5)29)28-21(16)31/h6,8,12-16,18-20,29H,7,9-11H2,1-5H3,(H,25,32)(H,26,30)(H,27,33)(H,28,31)/b8-6-/t14-,15-,16-,18-,19-,20+/m1/s1. The molecule has 2 rings (SSSR count). The van der Waals surface area contributed by atoms with Crippen LogP contribution in [-0.4, -0.2) is 82.6 Å². The molecule has 11 nitrogen and oxygen atoms in total. The van der Waals surface area contributed by atoms with E-state index in [0.29, 0.717) is 12.2 Å². The predicted molar refractivity (Wildman–Crippen MR) is 142 cm³/mol. The number of esters is 1. The number of fused-ring (bicyclic) bond motifs is 6. The monoisotopic (exact) mass is 558 g/mol. The summed E-state index contributed by atoms with van der Waals surface area (Å²) in [5.74, 6) is -2.97. The lowest BCUT2D eigenvalue weighted by Gasteiger charge is -2.30. The van der Waals surface area contributed by atoms with Gasteiger partial charge in [0.25, 0.3) is 0 Å². The number of ether oxygens (including phenoxy) is 1. The van der Waals surface area contributed by atoms with Crippen molar-refractivity contribution in [3.63, 3.8) is 0 Å². The number of carbonyl (C=O) groups excluding carboxylic acids is 5. The Kier molecular flexibility index (Phi) is 12.2. The summed E-state index contributed by atoms with van der Waals surface area (Å²) in [7, 11) is 2.89. The Morgan fingerprint density at radius 1 is 0.838 bits per heavy atom. The van der Waals surface area contributed by atoms with Gasteiger partial charge in [0, 0.05) is 11.5 Å². The van der Waals surface area contributed by atoms with Crippen molar-refractivity contribution in [3.8, 4) is 0 Å². The molecule has 0 aromatic heterocycles. The predicted octanol–water partition coefficient (Wildman–Crippen LogP) is 0.275. The molecule has 5 N–H and O–H groups in total. The number of nitrogens with one attached hydrogen (secondary N) is 4.